The molecule has 0 saturated heterocycles. The molecule has 0 aliphatic rings. The second-order valence-electron chi connectivity index (χ2n) is 13.5. The molecule has 5 nitrogen and oxygen atoms in total. The highest BCUT2D eigenvalue weighted by molar-refractivity contribution is 7.14. The van der Waals surface area contributed by atoms with Gasteiger partial charge in [-0.15, -0.1) is 11.3 Å². The minimum Gasteiger partial charge on any atom is -0.491 e. The average Bonchev–Trinajstić information content (AvgIpc) is 3.61. The molecule has 51 heavy (non-hydrogen) atoms. The molecular formula is C44H59FO5S. The third-order valence-corrected chi connectivity index (χ3v) is 9.88. The molecule has 3 aromatic rings. The van der Waals surface area contributed by atoms with E-state index in [4.69, 9.17) is 14.2 Å². The van der Waals surface area contributed by atoms with Crippen molar-refractivity contribution in [1.82, 2.24) is 0 Å². The Bertz CT molecular complexity index is 1490. The topological polar surface area (TPSA) is 61.8 Å². The van der Waals surface area contributed by atoms with Gasteiger partial charge in [0.05, 0.1) is 23.2 Å². The lowest BCUT2D eigenvalue weighted by Crippen LogP contribution is -2.14. The summed E-state index contributed by atoms with van der Waals surface area (Å²) in [6, 6.07) is 14.5. The van der Waals surface area contributed by atoms with Gasteiger partial charge >= 0.3 is 11.9 Å². The fourth-order valence-electron chi connectivity index (χ4n) is 5.80. The van der Waals surface area contributed by atoms with Crippen molar-refractivity contribution < 1.29 is 28.2 Å². The number of ether oxygens (including phenoxy) is 3. The van der Waals surface area contributed by atoms with E-state index in [1.807, 2.05) is 13.0 Å². The molecule has 0 saturated carbocycles. The van der Waals surface area contributed by atoms with Gasteiger partial charge in [0.1, 0.15) is 10.6 Å². The van der Waals surface area contributed by atoms with E-state index in [9.17, 15) is 14.0 Å². The summed E-state index contributed by atoms with van der Waals surface area (Å²) in [5.41, 5.74) is 0.831. The van der Waals surface area contributed by atoms with Crippen LogP contribution < -0.4 is 9.47 Å². The SMILES string of the molecule is CCCCCCCCCCCCCCCCOc1ccc(C(=O)Oc2ccc(C#Cc3ccc(C(=O)OC(C)CCCCCC)s3)cc2)cc1F. The Morgan fingerprint density at radius 3 is 1.88 bits per heavy atom. The summed E-state index contributed by atoms with van der Waals surface area (Å²) >= 11 is 1.30. The van der Waals surface area contributed by atoms with Gasteiger partial charge in [-0.1, -0.05) is 128 Å². The van der Waals surface area contributed by atoms with E-state index in [-0.39, 0.29) is 23.4 Å². The van der Waals surface area contributed by atoms with Crippen molar-refractivity contribution in [1.29, 1.82) is 0 Å². The van der Waals surface area contributed by atoms with Crippen LogP contribution in [0.4, 0.5) is 4.39 Å². The molecule has 0 radical (unpaired) electrons. The van der Waals surface area contributed by atoms with Crippen LogP contribution in [0.5, 0.6) is 11.5 Å². The molecular weight excluding hydrogens is 660 g/mol. The zero-order valence-electron chi connectivity index (χ0n) is 31.2. The molecule has 0 bridgehead atoms. The monoisotopic (exact) mass is 718 g/mol. The average molecular weight is 719 g/mol. The van der Waals surface area contributed by atoms with Gasteiger partial charge in [-0.2, -0.15) is 0 Å². The molecule has 2 aromatic carbocycles. The van der Waals surface area contributed by atoms with Crippen LogP contribution in [0.3, 0.4) is 0 Å². The van der Waals surface area contributed by atoms with Gasteiger partial charge in [0.25, 0.3) is 0 Å². The van der Waals surface area contributed by atoms with Crippen LogP contribution in [0.25, 0.3) is 0 Å². The molecule has 1 atom stereocenters. The van der Waals surface area contributed by atoms with Gasteiger partial charge < -0.3 is 14.2 Å². The number of thiophene rings is 1. The molecule has 0 fully saturated rings. The molecule has 3 rings (SSSR count). The van der Waals surface area contributed by atoms with Crippen LogP contribution in [0.1, 0.15) is 173 Å². The highest BCUT2D eigenvalue weighted by atomic mass is 32.1. The third-order valence-electron chi connectivity index (χ3n) is 8.90. The summed E-state index contributed by atoms with van der Waals surface area (Å²) in [6.07, 6.45) is 23.3. The highest BCUT2D eigenvalue weighted by Crippen LogP contribution is 2.22. The van der Waals surface area contributed by atoms with E-state index in [0.29, 0.717) is 17.2 Å². The maximum Gasteiger partial charge on any atom is 0.348 e. The minimum atomic E-state index is -0.653. The summed E-state index contributed by atoms with van der Waals surface area (Å²) < 4.78 is 31.4. The Hall–Kier alpha value is -3.63. The highest BCUT2D eigenvalue weighted by Gasteiger charge is 2.15. The first-order valence-corrected chi connectivity index (χ1v) is 20.3. The third kappa shape index (κ3) is 17.4. The second-order valence-corrected chi connectivity index (χ2v) is 14.6. The van der Waals surface area contributed by atoms with Crippen LogP contribution in [0, 0.1) is 17.7 Å². The lowest BCUT2D eigenvalue weighted by molar-refractivity contribution is 0.0325. The second kappa shape index (κ2) is 25.3. The van der Waals surface area contributed by atoms with Crippen molar-refractivity contribution in [3.8, 4) is 23.3 Å². The summed E-state index contributed by atoms with van der Waals surface area (Å²) in [4.78, 5) is 26.5. The molecule has 0 aliphatic heterocycles. The van der Waals surface area contributed by atoms with E-state index in [1.54, 1.807) is 30.3 Å². The fraction of sp³-hybridized carbons (Fsp3) is 0.545. The van der Waals surface area contributed by atoms with Gasteiger partial charge in [-0.25, -0.2) is 14.0 Å². The largest absolute Gasteiger partial charge is 0.491 e. The maximum absolute atomic E-state index is 14.7. The van der Waals surface area contributed by atoms with E-state index in [2.05, 4.69) is 25.7 Å². The standard InChI is InChI=1S/C44H59FO5S/c1-4-6-8-10-11-12-13-14-15-16-17-18-19-21-33-48-41-31-26-37(34-40(41)45)43(46)50-38-27-23-36(24-28-38)25-29-39-30-32-42(51-39)44(47)49-35(3)22-20-9-7-5-2/h23-24,26-28,30-32,34-35H,4-22,33H2,1-3H3. The summed E-state index contributed by atoms with van der Waals surface area (Å²) in [5.74, 6) is 5.07. The number of carbonyl (C=O) groups excluding carboxylic acids is 2. The normalized spacial score (nSPS) is 11.5. The van der Waals surface area contributed by atoms with Crippen LogP contribution in [-0.4, -0.2) is 24.6 Å². The number of unbranched alkanes of at least 4 members (excludes halogenated alkanes) is 16. The first-order chi connectivity index (χ1) is 24.9. The van der Waals surface area contributed by atoms with Gasteiger partial charge in [0, 0.05) is 5.56 Å². The molecule has 0 aliphatic carbocycles. The Kier molecular flexibility index (Phi) is 20.8. The first-order valence-electron chi connectivity index (χ1n) is 19.5. The van der Waals surface area contributed by atoms with E-state index < -0.39 is 11.8 Å². The molecule has 1 heterocycles. The van der Waals surface area contributed by atoms with Gasteiger partial charge in [0.15, 0.2) is 11.6 Å². The fourth-order valence-corrected chi connectivity index (χ4v) is 6.55. The molecule has 1 aromatic heterocycles. The zero-order chi connectivity index (χ0) is 36.5. The van der Waals surface area contributed by atoms with E-state index in [1.165, 1.54) is 113 Å². The van der Waals surface area contributed by atoms with Crippen molar-refractivity contribution >= 4 is 23.3 Å². The summed E-state index contributed by atoms with van der Waals surface area (Å²) in [5, 5.41) is 0. The Morgan fingerprint density at radius 1 is 0.686 bits per heavy atom. The van der Waals surface area contributed by atoms with Crippen LogP contribution >= 0.6 is 11.3 Å². The Morgan fingerprint density at radius 2 is 1.27 bits per heavy atom. The number of rotatable bonds is 25. The molecule has 0 amide bonds. The van der Waals surface area contributed by atoms with Crippen molar-refractivity contribution in [2.45, 2.75) is 149 Å². The number of hydrogen-bond acceptors (Lipinski definition) is 6. The molecule has 278 valence electrons. The van der Waals surface area contributed by atoms with Crippen molar-refractivity contribution in [3.05, 3.63) is 81.3 Å². The lowest BCUT2D eigenvalue weighted by Gasteiger charge is -2.12. The van der Waals surface area contributed by atoms with Crippen molar-refractivity contribution in [2.75, 3.05) is 6.61 Å². The number of carbonyl (C=O) groups is 2. The lowest BCUT2D eigenvalue weighted by atomic mass is 10.0. The smallest absolute Gasteiger partial charge is 0.348 e. The molecule has 0 N–H and O–H groups in total. The Balaban J connectivity index is 1.32. The number of hydrogen-bond donors (Lipinski definition) is 0. The number of benzene rings is 2. The number of esters is 2. The van der Waals surface area contributed by atoms with Gasteiger partial charge in [-0.3, -0.25) is 0 Å². The first kappa shape index (κ1) is 41.8. The summed E-state index contributed by atoms with van der Waals surface area (Å²) in [6.45, 7) is 6.82. The van der Waals surface area contributed by atoms with Crippen molar-refractivity contribution in [3.63, 3.8) is 0 Å². The van der Waals surface area contributed by atoms with E-state index >= 15 is 0 Å². The Labute approximate surface area is 310 Å². The predicted octanol–water partition coefficient (Wildman–Crippen LogP) is 12.9. The van der Waals surface area contributed by atoms with Crippen LogP contribution in [0.15, 0.2) is 54.6 Å². The van der Waals surface area contributed by atoms with Gasteiger partial charge in [0.2, 0.25) is 0 Å². The van der Waals surface area contributed by atoms with Gasteiger partial charge in [-0.05, 0) is 80.8 Å². The van der Waals surface area contributed by atoms with Crippen LogP contribution in [-0.2, 0) is 4.74 Å². The summed E-state index contributed by atoms with van der Waals surface area (Å²) in [7, 11) is 0. The quantitative estimate of drug-likeness (QED) is 0.0378. The van der Waals surface area contributed by atoms with Crippen molar-refractivity contribution in [2.24, 2.45) is 0 Å². The molecule has 1 unspecified atom stereocenters. The predicted molar refractivity (Wildman–Crippen MR) is 208 cm³/mol. The zero-order valence-corrected chi connectivity index (χ0v) is 32.1. The van der Waals surface area contributed by atoms with Crippen LogP contribution in [0.2, 0.25) is 0 Å². The molecule has 7 heteroatoms. The number of halogens is 1. The maximum atomic E-state index is 14.7. The van der Waals surface area contributed by atoms with E-state index in [0.717, 1.165) is 48.6 Å². The molecule has 0 spiro atoms. The minimum absolute atomic E-state index is 0.109.